The number of amides is 1. The minimum absolute atomic E-state index is 0.212. The molecule has 1 aromatic carbocycles. The van der Waals surface area contributed by atoms with Gasteiger partial charge < -0.3 is 14.4 Å². The molecule has 4 rings (SSSR count). The lowest BCUT2D eigenvalue weighted by molar-refractivity contribution is 0.101. The van der Waals surface area contributed by atoms with Gasteiger partial charge >= 0.3 is 0 Å². The molecule has 0 saturated carbocycles. The lowest BCUT2D eigenvalue weighted by Gasteiger charge is -2.07. The molecule has 7 nitrogen and oxygen atoms in total. The molecule has 0 unspecified atom stereocenters. The molecule has 1 N–H and O–H groups in total. The number of pyridine rings is 1. The van der Waals surface area contributed by atoms with Gasteiger partial charge in [0.2, 0.25) is 0 Å². The Morgan fingerprint density at radius 3 is 2.88 bits per heavy atom. The molecule has 0 bridgehead atoms. The summed E-state index contributed by atoms with van der Waals surface area (Å²) in [5, 5.41) is 6.69. The summed E-state index contributed by atoms with van der Waals surface area (Å²) in [7, 11) is 0. The summed E-state index contributed by atoms with van der Waals surface area (Å²) in [4.78, 5) is 20.5. The zero-order valence-corrected chi connectivity index (χ0v) is 13.7. The molecule has 0 aliphatic heterocycles. The largest absolute Gasteiger partial charge is 0.355 e. The van der Waals surface area contributed by atoms with Gasteiger partial charge in [-0.15, -0.1) is 0 Å². The van der Waals surface area contributed by atoms with E-state index in [9.17, 15) is 4.79 Å². The first kappa shape index (κ1) is 15.8. The van der Waals surface area contributed by atoms with Crippen LogP contribution in [0.5, 0.6) is 0 Å². The van der Waals surface area contributed by atoms with Crippen molar-refractivity contribution >= 4 is 11.6 Å². The lowest BCUT2D eigenvalue weighted by atomic mass is 10.2. The fraction of sp³-hybridized carbons (Fsp3) is 0.0526. The number of anilines is 1. The van der Waals surface area contributed by atoms with Crippen molar-refractivity contribution in [1.82, 2.24) is 19.7 Å². The smallest absolute Gasteiger partial charge is 0.277 e. The van der Waals surface area contributed by atoms with Crippen molar-refractivity contribution in [2.75, 3.05) is 5.32 Å². The molecule has 4 aromatic rings. The number of hydrogen-bond acceptors (Lipinski definition) is 5. The minimum Gasteiger partial charge on any atom is -0.355 e. The zero-order chi connectivity index (χ0) is 17.8. The minimum atomic E-state index is -0.330. The van der Waals surface area contributed by atoms with Crippen molar-refractivity contribution in [3.05, 3.63) is 84.8 Å². The lowest BCUT2D eigenvalue weighted by Crippen LogP contribution is -2.12. The number of rotatable bonds is 5. The van der Waals surface area contributed by atoms with Crippen LogP contribution in [-0.2, 0) is 6.54 Å². The normalized spacial score (nSPS) is 10.6. The molecular formula is C19H15N5O2. The van der Waals surface area contributed by atoms with Gasteiger partial charge in [-0.3, -0.25) is 9.78 Å². The Morgan fingerprint density at radius 2 is 2.08 bits per heavy atom. The highest BCUT2D eigenvalue weighted by Gasteiger charge is 2.14. The molecule has 0 fully saturated rings. The molecule has 26 heavy (non-hydrogen) atoms. The molecule has 0 atom stereocenters. The second-order valence-electron chi connectivity index (χ2n) is 5.71. The van der Waals surface area contributed by atoms with Gasteiger partial charge in [-0.1, -0.05) is 17.3 Å². The van der Waals surface area contributed by atoms with Crippen LogP contribution < -0.4 is 5.32 Å². The number of nitrogens with zero attached hydrogens (tertiary/aromatic N) is 4. The molecule has 0 saturated heterocycles. The predicted octanol–water partition coefficient (Wildman–Crippen LogP) is 3.23. The van der Waals surface area contributed by atoms with E-state index in [1.165, 1.54) is 0 Å². The van der Waals surface area contributed by atoms with Crippen molar-refractivity contribution in [2.45, 2.75) is 6.54 Å². The second kappa shape index (κ2) is 7.02. The molecule has 1 amide bonds. The summed E-state index contributed by atoms with van der Waals surface area (Å²) in [6.45, 7) is 0.679. The van der Waals surface area contributed by atoms with E-state index in [1.54, 1.807) is 37.1 Å². The number of carbonyl (C=O) groups is 1. The van der Waals surface area contributed by atoms with Crippen molar-refractivity contribution in [1.29, 1.82) is 0 Å². The molecule has 128 valence electrons. The molecule has 3 aromatic heterocycles. The Bertz CT molecular complexity index is 1010. The molecule has 7 heteroatoms. The summed E-state index contributed by atoms with van der Waals surface area (Å²) in [5.41, 5.74) is 2.72. The van der Waals surface area contributed by atoms with E-state index in [-0.39, 0.29) is 11.6 Å². The van der Waals surface area contributed by atoms with Gasteiger partial charge in [0.05, 0.1) is 6.33 Å². The van der Waals surface area contributed by atoms with E-state index in [1.807, 2.05) is 41.1 Å². The Kier molecular flexibility index (Phi) is 4.26. The van der Waals surface area contributed by atoms with Crippen LogP contribution in [0.2, 0.25) is 0 Å². The van der Waals surface area contributed by atoms with Crippen molar-refractivity contribution in [3.63, 3.8) is 0 Å². The van der Waals surface area contributed by atoms with Crippen LogP contribution in [0, 0.1) is 0 Å². The van der Waals surface area contributed by atoms with Crippen LogP contribution in [0.15, 0.2) is 78.1 Å². The van der Waals surface area contributed by atoms with E-state index in [0.29, 0.717) is 18.0 Å². The average molecular weight is 345 g/mol. The number of hydrogen-bond donors (Lipinski definition) is 1. The summed E-state index contributed by atoms with van der Waals surface area (Å²) in [6, 6.07) is 12.9. The van der Waals surface area contributed by atoms with E-state index in [4.69, 9.17) is 4.52 Å². The van der Waals surface area contributed by atoms with E-state index >= 15 is 0 Å². The van der Waals surface area contributed by atoms with Crippen molar-refractivity contribution < 1.29 is 9.32 Å². The standard InChI is InChI=1S/C19H15N5O2/c25-19(17-10-18(26-23-17)15-4-2-6-20-11-15)22-16-5-1-3-14(9-16)12-24-8-7-21-13-24/h1-11,13H,12H2,(H,22,25). The van der Waals surface area contributed by atoms with Crippen molar-refractivity contribution in [3.8, 4) is 11.3 Å². The quantitative estimate of drug-likeness (QED) is 0.600. The molecule has 0 radical (unpaired) electrons. The highest BCUT2D eigenvalue weighted by molar-refractivity contribution is 6.03. The first-order valence-electron chi connectivity index (χ1n) is 8.01. The molecule has 0 aliphatic rings. The van der Waals surface area contributed by atoms with Crippen LogP contribution in [0.3, 0.4) is 0 Å². The first-order valence-corrected chi connectivity index (χ1v) is 8.01. The second-order valence-corrected chi connectivity index (χ2v) is 5.71. The summed E-state index contributed by atoms with van der Waals surface area (Å²) in [5.74, 6) is 0.167. The van der Waals surface area contributed by atoms with E-state index in [2.05, 4.69) is 20.4 Å². The van der Waals surface area contributed by atoms with Gasteiger partial charge in [0.25, 0.3) is 5.91 Å². The SMILES string of the molecule is O=C(Nc1cccc(Cn2ccnc2)c1)c1cc(-c2cccnc2)on1. The van der Waals surface area contributed by atoms with E-state index < -0.39 is 0 Å². The number of carbonyl (C=O) groups excluding carboxylic acids is 1. The number of benzene rings is 1. The maximum atomic E-state index is 12.4. The van der Waals surface area contributed by atoms with Gasteiger partial charge in [-0.2, -0.15) is 0 Å². The van der Waals surface area contributed by atoms with Gasteiger partial charge in [0.1, 0.15) is 0 Å². The van der Waals surface area contributed by atoms with E-state index in [0.717, 1.165) is 11.1 Å². The van der Waals surface area contributed by atoms with Gasteiger partial charge in [0, 0.05) is 48.6 Å². The fourth-order valence-corrected chi connectivity index (χ4v) is 2.56. The van der Waals surface area contributed by atoms with Crippen LogP contribution in [0.25, 0.3) is 11.3 Å². The fourth-order valence-electron chi connectivity index (χ4n) is 2.56. The third-order valence-electron chi connectivity index (χ3n) is 3.80. The maximum Gasteiger partial charge on any atom is 0.277 e. The molecular weight excluding hydrogens is 330 g/mol. The topological polar surface area (TPSA) is 85.8 Å². The number of nitrogens with one attached hydrogen (secondary N) is 1. The summed E-state index contributed by atoms with van der Waals surface area (Å²) in [6.07, 6.45) is 8.70. The van der Waals surface area contributed by atoms with Crippen LogP contribution in [0.1, 0.15) is 16.1 Å². The maximum absolute atomic E-state index is 12.4. The Labute approximate surface area is 149 Å². The highest BCUT2D eigenvalue weighted by atomic mass is 16.5. The van der Waals surface area contributed by atoms with Gasteiger partial charge in [-0.05, 0) is 29.8 Å². The van der Waals surface area contributed by atoms with Crippen LogP contribution in [0.4, 0.5) is 5.69 Å². The first-order chi connectivity index (χ1) is 12.8. The summed E-state index contributed by atoms with van der Waals surface area (Å²) >= 11 is 0. The molecule has 0 spiro atoms. The summed E-state index contributed by atoms with van der Waals surface area (Å²) < 4.78 is 7.20. The monoisotopic (exact) mass is 345 g/mol. The predicted molar refractivity (Wildman–Crippen MR) is 95.5 cm³/mol. The Balaban J connectivity index is 1.47. The van der Waals surface area contributed by atoms with Crippen LogP contribution in [-0.4, -0.2) is 25.6 Å². The molecule has 3 heterocycles. The zero-order valence-electron chi connectivity index (χ0n) is 13.7. The number of aromatic nitrogens is 4. The third kappa shape index (κ3) is 3.51. The third-order valence-corrected chi connectivity index (χ3v) is 3.80. The molecule has 0 aliphatic carbocycles. The van der Waals surface area contributed by atoms with Gasteiger partial charge in [-0.25, -0.2) is 4.98 Å². The van der Waals surface area contributed by atoms with Crippen molar-refractivity contribution in [2.24, 2.45) is 0 Å². The number of imidazole rings is 1. The van der Waals surface area contributed by atoms with Gasteiger partial charge in [0.15, 0.2) is 11.5 Å². The Hall–Kier alpha value is -3.74. The van der Waals surface area contributed by atoms with Crippen LogP contribution >= 0.6 is 0 Å². The Morgan fingerprint density at radius 1 is 1.12 bits per heavy atom. The highest BCUT2D eigenvalue weighted by Crippen LogP contribution is 2.20. The average Bonchev–Trinajstić information content (AvgIpc) is 3.35.